The van der Waals surface area contributed by atoms with Crippen LogP contribution in [-0.4, -0.2) is 35.1 Å². The molecule has 0 bridgehead atoms. The molecule has 0 radical (unpaired) electrons. The van der Waals surface area contributed by atoms with Crippen LogP contribution in [0.1, 0.15) is 24.2 Å². The van der Waals surface area contributed by atoms with E-state index in [2.05, 4.69) is 12.6 Å². The molecule has 0 saturated heterocycles. The van der Waals surface area contributed by atoms with Crippen LogP contribution in [0.15, 0.2) is 23.1 Å². The van der Waals surface area contributed by atoms with E-state index >= 15 is 0 Å². The van der Waals surface area contributed by atoms with Crippen LogP contribution in [0.25, 0.3) is 0 Å². The Bertz CT molecular complexity index is 435. The summed E-state index contributed by atoms with van der Waals surface area (Å²) in [6.07, 6.45) is 0. The number of rotatable bonds is 3. The molecule has 0 heterocycles. The molecular weight excluding hydrogens is 241 g/mol. The molecule has 3 nitrogen and oxygen atoms in total. The molecule has 1 rings (SSSR count). The molecule has 0 spiro atoms. The molecular formula is C12H16FNO2S. The predicted octanol–water partition coefficient (Wildman–Crippen LogP) is 1.96. The molecule has 17 heavy (non-hydrogen) atoms. The fourth-order valence-corrected chi connectivity index (χ4v) is 1.44. The van der Waals surface area contributed by atoms with E-state index < -0.39 is 17.3 Å². The van der Waals surface area contributed by atoms with E-state index in [1.807, 2.05) is 0 Å². The van der Waals surface area contributed by atoms with Crippen molar-refractivity contribution in [3.63, 3.8) is 0 Å². The van der Waals surface area contributed by atoms with Gasteiger partial charge in [-0.1, -0.05) is 0 Å². The zero-order valence-corrected chi connectivity index (χ0v) is 11.0. The van der Waals surface area contributed by atoms with Crippen molar-refractivity contribution in [2.75, 3.05) is 13.7 Å². The number of benzene rings is 1. The quantitative estimate of drug-likeness (QED) is 0.813. The van der Waals surface area contributed by atoms with Crippen molar-refractivity contribution in [1.29, 1.82) is 0 Å². The van der Waals surface area contributed by atoms with Crippen molar-refractivity contribution in [2.45, 2.75) is 24.3 Å². The Balaban J connectivity index is 3.08. The summed E-state index contributed by atoms with van der Waals surface area (Å²) in [4.78, 5) is 13.9. The first-order valence-corrected chi connectivity index (χ1v) is 5.62. The highest BCUT2D eigenvalue weighted by Crippen LogP contribution is 2.19. The highest BCUT2D eigenvalue weighted by molar-refractivity contribution is 7.80. The van der Waals surface area contributed by atoms with Crippen molar-refractivity contribution in [3.05, 3.63) is 29.6 Å². The summed E-state index contributed by atoms with van der Waals surface area (Å²) in [7, 11) is 1.53. The molecule has 5 heteroatoms. The molecule has 0 unspecified atom stereocenters. The Morgan fingerprint density at radius 3 is 2.65 bits per heavy atom. The van der Waals surface area contributed by atoms with E-state index in [1.54, 1.807) is 13.8 Å². The first-order valence-electron chi connectivity index (χ1n) is 5.17. The van der Waals surface area contributed by atoms with Gasteiger partial charge in [-0.05, 0) is 32.0 Å². The van der Waals surface area contributed by atoms with Crippen molar-refractivity contribution >= 4 is 18.5 Å². The van der Waals surface area contributed by atoms with Gasteiger partial charge in [0.15, 0.2) is 0 Å². The highest BCUT2D eigenvalue weighted by atomic mass is 32.1. The van der Waals surface area contributed by atoms with Crippen LogP contribution in [0.2, 0.25) is 0 Å². The van der Waals surface area contributed by atoms with Crippen molar-refractivity contribution in [2.24, 2.45) is 0 Å². The SMILES string of the molecule is CN(C(=O)c1cc(S)ccc1F)C(C)(C)CO. The minimum atomic E-state index is -0.740. The predicted molar refractivity (Wildman–Crippen MR) is 66.9 cm³/mol. The van der Waals surface area contributed by atoms with Crippen molar-refractivity contribution in [3.8, 4) is 0 Å². The Morgan fingerprint density at radius 1 is 1.53 bits per heavy atom. The van der Waals surface area contributed by atoms with E-state index in [0.717, 1.165) is 0 Å². The van der Waals surface area contributed by atoms with Gasteiger partial charge in [-0.25, -0.2) is 4.39 Å². The number of halogens is 1. The van der Waals surface area contributed by atoms with Gasteiger partial charge < -0.3 is 10.0 Å². The number of carbonyl (C=O) groups is 1. The molecule has 0 saturated carbocycles. The average molecular weight is 257 g/mol. The lowest BCUT2D eigenvalue weighted by Gasteiger charge is -2.34. The summed E-state index contributed by atoms with van der Waals surface area (Å²) in [5.41, 5.74) is -0.780. The lowest BCUT2D eigenvalue weighted by molar-refractivity contribution is 0.0468. The lowest BCUT2D eigenvalue weighted by Crippen LogP contribution is -2.47. The number of hydrogen-bond acceptors (Lipinski definition) is 3. The number of amides is 1. The van der Waals surface area contributed by atoms with Gasteiger partial charge in [0.25, 0.3) is 5.91 Å². The molecule has 1 aromatic rings. The molecule has 0 atom stereocenters. The number of likely N-dealkylation sites (N-methyl/N-ethyl adjacent to an activating group) is 1. The average Bonchev–Trinajstić information content (AvgIpc) is 2.30. The smallest absolute Gasteiger partial charge is 0.257 e. The molecule has 1 aromatic carbocycles. The van der Waals surface area contributed by atoms with Crippen LogP contribution >= 0.6 is 12.6 Å². The van der Waals surface area contributed by atoms with E-state index in [1.165, 1.54) is 30.1 Å². The highest BCUT2D eigenvalue weighted by Gasteiger charge is 2.28. The molecule has 0 aromatic heterocycles. The van der Waals surface area contributed by atoms with Gasteiger partial charge in [0.2, 0.25) is 0 Å². The van der Waals surface area contributed by atoms with Gasteiger partial charge in [-0.3, -0.25) is 4.79 Å². The number of aliphatic hydroxyl groups excluding tert-OH is 1. The second kappa shape index (κ2) is 5.06. The Hall–Kier alpha value is -1.07. The van der Waals surface area contributed by atoms with E-state index in [4.69, 9.17) is 0 Å². The summed E-state index contributed by atoms with van der Waals surface area (Å²) < 4.78 is 13.5. The van der Waals surface area contributed by atoms with E-state index in [9.17, 15) is 14.3 Å². The maximum absolute atomic E-state index is 13.5. The minimum absolute atomic E-state index is 0.0403. The summed E-state index contributed by atoms with van der Waals surface area (Å²) in [5, 5.41) is 9.18. The van der Waals surface area contributed by atoms with Crippen LogP contribution in [0.5, 0.6) is 0 Å². The molecule has 1 N–H and O–H groups in total. The maximum Gasteiger partial charge on any atom is 0.257 e. The number of nitrogens with zero attached hydrogens (tertiary/aromatic N) is 1. The number of hydrogen-bond donors (Lipinski definition) is 2. The Morgan fingerprint density at radius 2 is 2.12 bits per heavy atom. The fraction of sp³-hybridized carbons (Fsp3) is 0.417. The van der Waals surface area contributed by atoms with Gasteiger partial charge in [-0.15, -0.1) is 12.6 Å². The number of carbonyl (C=O) groups excluding carboxylic acids is 1. The third-order valence-corrected chi connectivity index (χ3v) is 3.06. The molecule has 0 aliphatic rings. The summed E-state index contributed by atoms with van der Waals surface area (Å²) >= 11 is 4.07. The Labute approximate surface area is 106 Å². The van der Waals surface area contributed by atoms with Crippen LogP contribution in [0.4, 0.5) is 4.39 Å². The van der Waals surface area contributed by atoms with Gasteiger partial charge in [0.1, 0.15) is 5.82 Å². The number of aliphatic hydroxyl groups is 1. The molecule has 0 aliphatic carbocycles. The third kappa shape index (κ3) is 2.98. The van der Waals surface area contributed by atoms with Gasteiger partial charge >= 0.3 is 0 Å². The van der Waals surface area contributed by atoms with Crippen LogP contribution in [0.3, 0.4) is 0 Å². The van der Waals surface area contributed by atoms with Crippen LogP contribution in [-0.2, 0) is 0 Å². The van der Waals surface area contributed by atoms with Gasteiger partial charge in [0.05, 0.1) is 17.7 Å². The zero-order chi connectivity index (χ0) is 13.2. The van der Waals surface area contributed by atoms with E-state index in [-0.39, 0.29) is 12.2 Å². The molecule has 1 amide bonds. The summed E-state index contributed by atoms with van der Waals surface area (Å²) in [6, 6.07) is 4.06. The fourth-order valence-electron chi connectivity index (χ4n) is 1.24. The summed E-state index contributed by atoms with van der Waals surface area (Å²) in [5.74, 6) is -1.06. The van der Waals surface area contributed by atoms with Gasteiger partial charge in [-0.2, -0.15) is 0 Å². The molecule has 94 valence electrons. The Kier molecular flexibility index (Phi) is 4.16. The first-order chi connectivity index (χ1) is 7.79. The van der Waals surface area contributed by atoms with Crippen LogP contribution < -0.4 is 0 Å². The largest absolute Gasteiger partial charge is 0.394 e. The molecule has 0 fully saturated rings. The standard InChI is InChI=1S/C12H16FNO2S/c1-12(2,7-15)14(3)11(16)9-6-8(17)4-5-10(9)13/h4-6,15,17H,7H2,1-3H3. The molecule has 0 aliphatic heterocycles. The summed E-state index contributed by atoms with van der Waals surface area (Å²) in [6.45, 7) is 3.21. The monoisotopic (exact) mass is 257 g/mol. The van der Waals surface area contributed by atoms with Crippen molar-refractivity contribution < 1.29 is 14.3 Å². The lowest BCUT2D eigenvalue weighted by atomic mass is 10.0. The third-order valence-electron chi connectivity index (χ3n) is 2.78. The van der Waals surface area contributed by atoms with Gasteiger partial charge in [0, 0.05) is 11.9 Å². The minimum Gasteiger partial charge on any atom is -0.394 e. The normalized spacial score (nSPS) is 11.4. The second-order valence-electron chi connectivity index (χ2n) is 4.50. The topological polar surface area (TPSA) is 40.5 Å². The number of thiol groups is 1. The zero-order valence-electron chi connectivity index (χ0n) is 10.1. The maximum atomic E-state index is 13.5. The second-order valence-corrected chi connectivity index (χ2v) is 5.02. The van der Waals surface area contributed by atoms with Crippen LogP contribution in [0, 0.1) is 5.82 Å². The van der Waals surface area contributed by atoms with E-state index in [0.29, 0.717) is 4.90 Å². The first kappa shape index (κ1) is 14.0. The van der Waals surface area contributed by atoms with Crippen molar-refractivity contribution in [1.82, 2.24) is 4.90 Å².